The number of unbranched alkanes of at least 4 members (excludes halogenated alkanes) is 3. The van der Waals surface area contributed by atoms with E-state index in [1.54, 1.807) is 0 Å². The van der Waals surface area contributed by atoms with Crippen LogP contribution in [0.5, 0.6) is 0 Å². The first-order chi connectivity index (χ1) is 6.04. The van der Waals surface area contributed by atoms with E-state index in [4.69, 9.17) is 5.73 Å². The van der Waals surface area contributed by atoms with Gasteiger partial charge >= 0.3 is 0 Å². The number of rotatable bonds is 7. The fraction of sp³-hybridized carbons (Fsp3) is 0.909. The van der Waals surface area contributed by atoms with Crippen LogP contribution in [0.15, 0.2) is 0 Å². The van der Waals surface area contributed by atoms with Crippen molar-refractivity contribution in [2.24, 2.45) is 11.1 Å². The Kier molecular flexibility index (Phi) is 5.97. The highest BCUT2D eigenvalue weighted by atomic mass is 16.1. The first-order valence-corrected chi connectivity index (χ1v) is 5.25. The summed E-state index contributed by atoms with van der Waals surface area (Å²) in [5.41, 5.74) is 5.67. The summed E-state index contributed by atoms with van der Waals surface area (Å²) in [6, 6.07) is -0.311. The summed E-state index contributed by atoms with van der Waals surface area (Å²) < 4.78 is 0. The van der Waals surface area contributed by atoms with E-state index < -0.39 is 0 Å². The van der Waals surface area contributed by atoms with Crippen molar-refractivity contribution in [3.8, 4) is 0 Å². The number of nitrogens with two attached hydrogens (primary N) is 1. The zero-order chi connectivity index (χ0) is 10.3. The van der Waals surface area contributed by atoms with Gasteiger partial charge in [0.25, 0.3) is 0 Å². The third-order valence-electron chi connectivity index (χ3n) is 2.72. The molecular weight excluding hydrogens is 162 g/mol. The molecule has 1 atom stereocenters. The van der Waals surface area contributed by atoms with Crippen molar-refractivity contribution in [3.05, 3.63) is 0 Å². The van der Waals surface area contributed by atoms with Gasteiger partial charge in [0, 0.05) is 0 Å². The van der Waals surface area contributed by atoms with Crippen LogP contribution in [-0.4, -0.2) is 12.3 Å². The minimum absolute atomic E-state index is 0.0323. The van der Waals surface area contributed by atoms with E-state index in [2.05, 4.69) is 20.8 Å². The first kappa shape index (κ1) is 12.6. The van der Waals surface area contributed by atoms with E-state index in [9.17, 15) is 4.79 Å². The Labute approximate surface area is 81.9 Å². The summed E-state index contributed by atoms with van der Waals surface area (Å²) in [7, 11) is 0. The first-order valence-electron chi connectivity index (χ1n) is 5.25. The lowest BCUT2D eigenvalue weighted by atomic mass is 9.80. The normalized spacial score (nSPS) is 14.2. The zero-order valence-corrected chi connectivity index (χ0v) is 9.18. The largest absolute Gasteiger partial charge is 0.321 e. The summed E-state index contributed by atoms with van der Waals surface area (Å²) >= 11 is 0. The molecular formula is C11H23NO. The van der Waals surface area contributed by atoms with Crippen LogP contribution in [0.1, 0.15) is 52.9 Å². The van der Waals surface area contributed by atoms with Gasteiger partial charge in [0.1, 0.15) is 6.29 Å². The SMILES string of the molecule is CCCCCCC(C)(C)C(N)C=O. The summed E-state index contributed by atoms with van der Waals surface area (Å²) in [5.74, 6) is 0. The Bertz CT molecular complexity index is 143. The molecule has 0 rings (SSSR count). The molecule has 0 bridgehead atoms. The summed E-state index contributed by atoms with van der Waals surface area (Å²) in [4.78, 5) is 10.5. The Balaban J connectivity index is 3.68. The lowest BCUT2D eigenvalue weighted by molar-refractivity contribution is -0.111. The van der Waals surface area contributed by atoms with Crippen LogP contribution in [0.25, 0.3) is 0 Å². The van der Waals surface area contributed by atoms with E-state index in [0.717, 1.165) is 12.7 Å². The molecule has 0 heterocycles. The van der Waals surface area contributed by atoms with Gasteiger partial charge in [-0.3, -0.25) is 0 Å². The maximum absolute atomic E-state index is 10.5. The molecule has 2 N–H and O–H groups in total. The van der Waals surface area contributed by atoms with Crippen LogP contribution in [0.2, 0.25) is 0 Å². The maximum Gasteiger partial charge on any atom is 0.137 e. The third kappa shape index (κ3) is 5.04. The highest BCUT2D eigenvalue weighted by Gasteiger charge is 2.24. The third-order valence-corrected chi connectivity index (χ3v) is 2.72. The van der Waals surface area contributed by atoms with Crippen molar-refractivity contribution in [1.82, 2.24) is 0 Å². The lowest BCUT2D eigenvalue weighted by Gasteiger charge is -2.27. The molecule has 0 aromatic heterocycles. The topological polar surface area (TPSA) is 43.1 Å². The fourth-order valence-corrected chi connectivity index (χ4v) is 1.36. The fourth-order valence-electron chi connectivity index (χ4n) is 1.36. The molecule has 0 fully saturated rings. The van der Waals surface area contributed by atoms with Crippen molar-refractivity contribution in [2.75, 3.05) is 0 Å². The van der Waals surface area contributed by atoms with Gasteiger partial charge in [-0.25, -0.2) is 0 Å². The molecule has 0 saturated carbocycles. The summed E-state index contributed by atoms with van der Waals surface area (Å²) in [5, 5.41) is 0. The van der Waals surface area contributed by atoms with Gasteiger partial charge in [-0.05, 0) is 11.8 Å². The molecule has 0 amide bonds. The van der Waals surface area contributed by atoms with Crippen molar-refractivity contribution >= 4 is 6.29 Å². The minimum atomic E-state index is -0.311. The van der Waals surface area contributed by atoms with Gasteiger partial charge in [-0.1, -0.05) is 46.5 Å². The average molecular weight is 185 g/mol. The molecule has 0 spiro atoms. The Morgan fingerprint density at radius 1 is 1.31 bits per heavy atom. The quantitative estimate of drug-likeness (QED) is 0.489. The Hall–Kier alpha value is -0.370. The van der Waals surface area contributed by atoms with Crippen molar-refractivity contribution in [3.63, 3.8) is 0 Å². The molecule has 2 heteroatoms. The van der Waals surface area contributed by atoms with Crippen LogP contribution in [0, 0.1) is 5.41 Å². The molecule has 2 nitrogen and oxygen atoms in total. The predicted octanol–water partition coefficient (Wildman–Crippen LogP) is 2.51. The zero-order valence-electron chi connectivity index (χ0n) is 9.18. The Morgan fingerprint density at radius 2 is 1.92 bits per heavy atom. The molecule has 0 aromatic rings. The van der Waals surface area contributed by atoms with Crippen molar-refractivity contribution in [2.45, 2.75) is 58.9 Å². The monoisotopic (exact) mass is 185 g/mol. The standard InChI is InChI=1S/C11H23NO/c1-4-5-6-7-8-11(2,3)10(12)9-13/h9-10H,4-8,12H2,1-3H3. The second-order valence-electron chi connectivity index (χ2n) is 4.46. The molecule has 0 aliphatic rings. The highest BCUT2D eigenvalue weighted by Crippen LogP contribution is 2.26. The van der Waals surface area contributed by atoms with Crippen molar-refractivity contribution < 1.29 is 4.79 Å². The van der Waals surface area contributed by atoms with Crippen molar-refractivity contribution in [1.29, 1.82) is 0 Å². The smallest absolute Gasteiger partial charge is 0.137 e. The van der Waals surface area contributed by atoms with E-state index >= 15 is 0 Å². The molecule has 0 aliphatic carbocycles. The minimum Gasteiger partial charge on any atom is -0.321 e. The number of aldehydes is 1. The van der Waals surface area contributed by atoms with E-state index in [-0.39, 0.29) is 11.5 Å². The number of hydrogen-bond acceptors (Lipinski definition) is 2. The van der Waals surface area contributed by atoms with Gasteiger partial charge < -0.3 is 10.5 Å². The van der Waals surface area contributed by atoms with Crippen LogP contribution in [-0.2, 0) is 4.79 Å². The molecule has 0 saturated heterocycles. The van der Waals surface area contributed by atoms with Gasteiger partial charge in [-0.2, -0.15) is 0 Å². The number of carbonyl (C=O) groups excluding carboxylic acids is 1. The Morgan fingerprint density at radius 3 is 2.38 bits per heavy atom. The van der Waals surface area contributed by atoms with Gasteiger partial charge in [-0.15, -0.1) is 0 Å². The molecule has 78 valence electrons. The maximum atomic E-state index is 10.5. The van der Waals surface area contributed by atoms with Gasteiger partial charge in [0.2, 0.25) is 0 Å². The molecule has 0 radical (unpaired) electrons. The van der Waals surface area contributed by atoms with Crippen LogP contribution in [0.3, 0.4) is 0 Å². The average Bonchev–Trinajstić information content (AvgIpc) is 2.11. The second-order valence-corrected chi connectivity index (χ2v) is 4.46. The van der Waals surface area contributed by atoms with Crippen LogP contribution >= 0.6 is 0 Å². The van der Waals surface area contributed by atoms with E-state index in [1.165, 1.54) is 25.7 Å². The molecule has 0 aliphatic heterocycles. The number of carbonyl (C=O) groups is 1. The second kappa shape index (κ2) is 6.14. The van der Waals surface area contributed by atoms with Crippen LogP contribution in [0.4, 0.5) is 0 Å². The number of hydrogen-bond donors (Lipinski definition) is 1. The molecule has 13 heavy (non-hydrogen) atoms. The van der Waals surface area contributed by atoms with Crippen LogP contribution < -0.4 is 5.73 Å². The van der Waals surface area contributed by atoms with E-state index in [0.29, 0.717) is 0 Å². The lowest BCUT2D eigenvalue weighted by Crippen LogP contribution is -2.38. The molecule has 0 aromatic carbocycles. The van der Waals surface area contributed by atoms with E-state index in [1.807, 2.05) is 0 Å². The summed E-state index contributed by atoms with van der Waals surface area (Å²) in [6.45, 7) is 6.33. The van der Waals surface area contributed by atoms with Gasteiger partial charge in [0.15, 0.2) is 0 Å². The summed E-state index contributed by atoms with van der Waals surface area (Å²) in [6.07, 6.45) is 6.88. The molecule has 1 unspecified atom stereocenters. The highest BCUT2D eigenvalue weighted by molar-refractivity contribution is 5.58. The van der Waals surface area contributed by atoms with Gasteiger partial charge in [0.05, 0.1) is 6.04 Å². The predicted molar refractivity (Wildman–Crippen MR) is 56.6 cm³/mol.